The second kappa shape index (κ2) is 9.85. The topological polar surface area (TPSA) is 75.7 Å². The summed E-state index contributed by atoms with van der Waals surface area (Å²) in [6.07, 6.45) is 1.17. The molecule has 162 valence electrons. The van der Waals surface area contributed by atoms with Crippen molar-refractivity contribution in [2.45, 2.75) is 13.5 Å². The van der Waals surface area contributed by atoms with Gasteiger partial charge in [-0.1, -0.05) is 41.4 Å². The van der Waals surface area contributed by atoms with Crippen molar-refractivity contribution < 1.29 is 17.9 Å². The van der Waals surface area contributed by atoms with Crippen molar-refractivity contribution in [3.63, 3.8) is 0 Å². The molecule has 1 amide bonds. The third-order valence-corrected chi connectivity index (χ3v) is 5.86. The van der Waals surface area contributed by atoms with Gasteiger partial charge in [-0.25, -0.2) is 8.42 Å². The molecule has 3 aromatic carbocycles. The van der Waals surface area contributed by atoms with Gasteiger partial charge in [-0.2, -0.15) is 0 Å². The number of halogens is 1. The molecule has 1 N–H and O–H groups in total. The minimum atomic E-state index is -3.48. The van der Waals surface area contributed by atoms with Gasteiger partial charge in [0.1, 0.15) is 5.75 Å². The van der Waals surface area contributed by atoms with Crippen LogP contribution in [0.1, 0.15) is 11.1 Å². The number of carbonyl (C=O) groups excluding carboxylic acids is 1. The number of anilines is 2. The van der Waals surface area contributed by atoms with Gasteiger partial charge in [-0.3, -0.25) is 9.10 Å². The molecule has 0 radical (unpaired) electrons. The summed E-state index contributed by atoms with van der Waals surface area (Å²) in [4.78, 5) is 12.0. The summed E-state index contributed by atoms with van der Waals surface area (Å²) < 4.78 is 31.5. The zero-order valence-corrected chi connectivity index (χ0v) is 18.8. The van der Waals surface area contributed by atoms with Gasteiger partial charge in [0.2, 0.25) is 10.0 Å². The molecule has 0 unspecified atom stereocenters. The number of rotatable bonds is 8. The predicted octanol–water partition coefficient (Wildman–Crippen LogP) is 4.63. The van der Waals surface area contributed by atoms with Crippen molar-refractivity contribution in [1.82, 2.24) is 0 Å². The minimum Gasteiger partial charge on any atom is -0.484 e. The molecule has 0 aromatic heterocycles. The number of hydrogen-bond donors (Lipinski definition) is 1. The van der Waals surface area contributed by atoms with Crippen LogP contribution in [0.3, 0.4) is 0 Å². The van der Waals surface area contributed by atoms with E-state index in [9.17, 15) is 13.2 Å². The van der Waals surface area contributed by atoms with Crippen LogP contribution in [0.2, 0.25) is 5.02 Å². The van der Waals surface area contributed by atoms with Crippen LogP contribution in [0.4, 0.5) is 11.4 Å². The summed E-state index contributed by atoms with van der Waals surface area (Å²) in [5, 5.41) is 3.29. The van der Waals surface area contributed by atoms with E-state index >= 15 is 0 Å². The highest BCUT2D eigenvalue weighted by Gasteiger charge is 2.18. The number of sulfonamides is 1. The molecule has 0 atom stereocenters. The standard InChI is InChI=1S/C23H23ClN2O4S/c1-17-3-5-18(6-4-17)15-26(31(2,28)29)21-11-13-22(14-12-21)30-16-23(27)25-20-9-7-19(24)8-10-20/h3-14H,15-16H2,1-2H3,(H,25,27). The first-order valence-corrected chi connectivity index (χ1v) is 11.7. The van der Waals surface area contributed by atoms with E-state index in [1.165, 1.54) is 10.6 Å². The molecule has 0 aliphatic carbocycles. The van der Waals surface area contributed by atoms with Crippen molar-refractivity contribution in [3.05, 3.63) is 88.9 Å². The molecule has 0 saturated carbocycles. The van der Waals surface area contributed by atoms with Crippen molar-refractivity contribution >= 4 is 38.9 Å². The Hall–Kier alpha value is -3.03. The molecule has 0 bridgehead atoms. The number of amides is 1. The maximum absolute atomic E-state index is 12.3. The summed E-state index contributed by atoms with van der Waals surface area (Å²) in [6.45, 7) is 2.02. The Balaban J connectivity index is 1.63. The van der Waals surface area contributed by atoms with Gasteiger partial charge in [0.05, 0.1) is 18.5 Å². The molecule has 0 fully saturated rings. The number of hydrogen-bond acceptors (Lipinski definition) is 4. The average molecular weight is 459 g/mol. The number of benzene rings is 3. The van der Waals surface area contributed by atoms with E-state index in [1.54, 1.807) is 48.5 Å². The smallest absolute Gasteiger partial charge is 0.262 e. The number of aryl methyl sites for hydroxylation is 1. The van der Waals surface area contributed by atoms with E-state index < -0.39 is 10.0 Å². The van der Waals surface area contributed by atoms with Gasteiger partial charge in [0.15, 0.2) is 6.61 Å². The molecule has 31 heavy (non-hydrogen) atoms. The second-order valence-corrected chi connectivity index (χ2v) is 9.44. The summed E-state index contributed by atoms with van der Waals surface area (Å²) >= 11 is 5.83. The Labute approximate surface area is 187 Å². The Kier molecular flexibility index (Phi) is 7.20. The van der Waals surface area contributed by atoms with Gasteiger partial charge in [-0.05, 0) is 61.0 Å². The number of ether oxygens (including phenoxy) is 1. The number of nitrogens with zero attached hydrogens (tertiary/aromatic N) is 1. The van der Waals surface area contributed by atoms with Crippen molar-refractivity contribution in [2.75, 3.05) is 22.5 Å². The van der Waals surface area contributed by atoms with Gasteiger partial charge < -0.3 is 10.1 Å². The second-order valence-electron chi connectivity index (χ2n) is 7.09. The van der Waals surface area contributed by atoms with Crippen LogP contribution in [0.25, 0.3) is 0 Å². The third-order valence-electron chi connectivity index (χ3n) is 4.47. The third kappa shape index (κ3) is 6.73. The van der Waals surface area contributed by atoms with E-state index in [0.29, 0.717) is 22.1 Å². The SMILES string of the molecule is Cc1ccc(CN(c2ccc(OCC(=O)Nc3ccc(Cl)cc3)cc2)S(C)(=O)=O)cc1. The summed E-state index contributed by atoms with van der Waals surface area (Å²) in [5.41, 5.74) is 3.13. The van der Waals surface area contributed by atoms with E-state index in [1.807, 2.05) is 31.2 Å². The van der Waals surface area contributed by atoms with Crippen LogP contribution in [-0.2, 0) is 21.4 Å². The molecule has 6 nitrogen and oxygen atoms in total. The maximum atomic E-state index is 12.3. The van der Waals surface area contributed by atoms with Crippen LogP contribution < -0.4 is 14.4 Å². The van der Waals surface area contributed by atoms with Gasteiger partial charge in [-0.15, -0.1) is 0 Å². The maximum Gasteiger partial charge on any atom is 0.262 e. The minimum absolute atomic E-state index is 0.179. The van der Waals surface area contributed by atoms with Crippen molar-refractivity contribution in [1.29, 1.82) is 0 Å². The van der Waals surface area contributed by atoms with Gasteiger partial charge >= 0.3 is 0 Å². The van der Waals surface area contributed by atoms with Gasteiger partial charge in [0.25, 0.3) is 5.91 Å². The highest BCUT2D eigenvalue weighted by molar-refractivity contribution is 7.92. The van der Waals surface area contributed by atoms with Crippen LogP contribution >= 0.6 is 11.6 Å². The van der Waals surface area contributed by atoms with Crippen LogP contribution in [0, 0.1) is 6.92 Å². The molecule has 3 rings (SSSR count). The fraction of sp³-hybridized carbons (Fsp3) is 0.174. The lowest BCUT2D eigenvalue weighted by Crippen LogP contribution is -2.29. The first kappa shape index (κ1) is 22.7. The fourth-order valence-corrected chi connectivity index (χ4v) is 3.86. The highest BCUT2D eigenvalue weighted by atomic mass is 35.5. The zero-order valence-electron chi connectivity index (χ0n) is 17.2. The van der Waals surface area contributed by atoms with Crippen LogP contribution in [-0.4, -0.2) is 27.2 Å². The molecular formula is C23H23ClN2O4S. The highest BCUT2D eigenvalue weighted by Crippen LogP contribution is 2.24. The monoisotopic (exact) mass is 458 g/mol. The molecular weight excluding hydrogens is 436 g/mol. The van der Waals surface area contributed by atoms with Crippen LogP contribution in [0.15, 0.2) is 72.8 Å². The lowest BCUT2D eigenvalue weighted by Gasteiger charge is -2.23. The summed E-state index contributed by atoms with van der Waals surface area (Å²) in [5.74, 6) is 0.141. The quantitative estimate of drug-likeness (QED) is 0.534. The molecule has 8 heteroatoms. The summed E-state index contributed by atoms with van der Waals surface area (Å²) in [6, 6.07) is 21.0. The van der Waals surface area contributed by atoms with Crippen molar-refractivity contribution in [3.8, 4) is 5.75 Å². The predicted molar refractivity (Wildman–Crippen MR) is 124 cm³/mol. The van der Waals surface area contributed by atoms with Crippen LogP contribution in [0.5, 0.6) is 5.75 Å². The molecule has 0 saturated heterocycles. The van der Waals surface area contributed by atoms with E-state index in [0.717, 1.165) is 11.1 Å². The first-order valence-electron chi connectivity index (χ1n) is 9.52. The first-order chi connectivity index (χ1) is 14.7. The zero-order chi connectivity index (χ0) is 22.4. The average Bonchev–Trinajstić information content (AvgIpc) is 2.73. The lowest BCUT2D eigenvalue weighted by molar-refractivity contribution is -0.118. The summed E-state index contributed by atoms with van der Waals surface area (Å²) in [7, 11) is -3.48. The largest absolute Gasteiger partial charge is 0.484 e. The Morgan fingerprint density at radius 3 is 2.16 bits per heavy atom. The molecule has 3 aromatic rings. The van der Waals surface area contributed by atoms with E-state index in [4.69, 9.17) is 16.3 Å². The van der Waals surface area contributed by atoms with E-state index in [2.05, 4.69) is 5.32 Å². The molecule has 0 spiro atoms. The molecule has 0 aliphatic rings. The van der Waals surface area contributed by atoms with E-state index in [-0.39, 0.29) is 19.1 Å². The molecule has 0 aliphatic heterocycles. The fourth-order valence-electron chi connectivity index (χ4n) is 2.85. The number of carbonyl (C=O) groups is 1. The Morgan fingerprint density at radius 2 is 1.58 bits per heavy atom. The van der Waals surface area contributed by atoms with Gasteiger partial charge in [0, 0.05) is 10.7 Å². The Morgan fingerprint density at radius 1 is 0.968 bits per heavy atom. The van der Waals surface area contributed by atoms with Crippen molar-refractivity contribution in [2.24, 2.45) is 0 Å². The number of nitrogens with one attached hydrogen (secondary N) is 1. The Bertz CT molecular complexity index is 1130. The molecule has 0 heterocycles. The normalized spacial score (nSPS) is 11.1. The lowest BCUT2D eigenvalue weighted by atomic mass is 10.1.